The lowest BCUT2D eigenvalue weighted by atomic mass is 9.87. The predicted octanol–water partition coefficient (Wildman–Crippen LogP) is 2.51. The zero-order valence-electron chi connectivity index (χ0n) is 15.5. The Morgan fingerprint density at radius 2 is 1.92 bits per heavy atom. The van der Waals surface area contributed by atoms with Crippen LogP contribution in [-0.2, 0) is 9.59 Å². The van der Waals surface area contributed by atoms with E-state index in [1.807, 2.05) is 58.0 Å². The normalized spacial score (nSPS) is 20.8. The van der Waals surface area contributed by atoms with Gasteiger partial charge in [-0.15, -0.1) is 12.4 Å². The van der Waals surface area contributed by atoms with Gasteiger partial charge in [-0.3, -0.25) is 9.59 Å². The smallest absolute Gasteiger partial charge is 0.225 e. The number of halogens is 1. The van der Waals surface area contributed by atoms with Gasteiger partial charge in [-0.2, -0.15) is 0 Å². The van der Waals surface area contributed by atoms with Crippen LogP contribution in [0, 0.1) is 11.8 Å². The van der Waals surface area contributed by atoms with Crippen molar-refractivity contribution in [2.24, 2.45) is 17.6 Å². The summed E-state index contributed by atoms with van der Waals surface area (Å²) in [5, 5.41) is 3.06. The molecule has 1 heterocycles. The molecule has 1 aromatic carbocycles. The predicted molar refractivity (Wildman–Crippen MR) is 102 cm³/mol. The first-order chi connectivity index (χ1) is 11.3. The van der Waals surface area contributed by atoms with E-state index in [2.05, 4.69) is 5.32 Å². The molecule has 0 saturated carbocycles. The summed E-state index contributed by atoms with van der Waals surface area (Å²) < 4.78 is 0. The number of nitrogens with zero attached hydrogens (tertiary/aromatic N) is 1. The third kappa shape index (κ3) is 4.73. The third-order valence-corrected chi connectivity index (χ3v) is 5.39. The van der Waals surface area contributed by atoms with Crippen LogP contribution in [0.3, 0.4) is 0 Å². The number of amides is 2. The molecule has 5 nitrogen and oxygen atoms in total. The van der Waals surface area contributed by atoms with E-state index in [0.717, 1.165) is 5.56 Å². The molecule has 0 aromatic heterocycles. The molecule has 0 radical (unpaired) electrons. The fourth-order valence-electron chi connectivity index (χ4n) is 3.01. The van der Waals surface area contributed by atoms with Gasteiger partial charge < -0.3 is 16.0 Å². The van der Waals surface area contributed by atoms with Crippen molar-refractivity contribution in [1.82, 2.24) is 10.2 Å². The van der Waals surface area contributed by atoms with Crippen molar-refractivity contribution in [1.29, 1.82) is 0 Å². The summed E-state index contributed by atoms with van der Waals surface area (Å²) in [6, 6.07) is 9.88. The number of rotatable bonds is 6. The summed E-state index contributed by atoms with van der Waals surface area (Å²) >= 11 is 0. The van der Waals surface area contributed by atoms with Crippen LogP contribution in [-0.4, -0.2) is 35.3 Å². The lowest BCUT2D eigenvalue weighted by Gasteiger charge is -2.34. The van der Waals surface area contributed by atoms with E-state index in [9.17, 15) is 9.59 Å². The van der Waals surface area contributed by atoms with Crippen molar-refractivity contribution in [3.05, 3.63) is 35.9 Å². The zero-order chi connectivity index (χ0) is 17.9. The molecule has 1 aliphatic rings. The molecule has 1 fully saturated rings. The second-order valence-corrected chi connectivity index (χ2v) is 7.30. The maximum Gasteiger partial charge on any atom is 0.225 e. The van der Waals surface area contributed by atoms with Crippen molar-refractivity contribution < 1.29 is 9.59 Å². The fraction of sp³-hybridized carbons (Fsp3) is 0.579. The molecule has 3 unspecified atom stereocenters. The first-order valence-electron chi connectivity index (χ1n) is 8.65. The van der Waals surface area contributed by atoms with E-state index < -0.39 is 5.54 Å². The van der Waals surface area contributed by atoms with Gasteiger partial charge in [0.2, 0.25) is 11.8 Å². The van der Waals surface area contributed by atoms with Crippen LogP contribution in [0.1, 0.15) is 45.7 Å². The maximum absolute atomic E-state index is 12.6. The summed E-state index contributed by atoms with van der Waals surface area (Å²) in [6.45, 7) is 8.87. The highest BCUT2D eigenvalue weighted by Gasteiger charge is 2.39. The van der Waals surface area contributed by atoms with Crippen molar-refractivity contribution in [3.63, 3.8) is 0 Å². The average Bonchev–Trinajstić information content (AvgIpc) is 2.96. The van der Waals surface area contributed by atoms with Crippen LogP contribution in [0.15, 0.2) is 30.3 Å². The molecule has 2 rings (SSSR count). The van der Waals surface area contributed by atoms with Gasteiger partial charge in [0, 0.05) is 19.5 Å². The molecule has 0 bridgehead atoms. The first kappa shape index (κ1) is 21.5. The summed E-state index contributed by atoms with van der Waals surface area (Å²) in [6.07, 6.45) is 0.266. The topological polar surface area (TPSA) is 75.4 Å². The summed E-state index contributed by atoms with van der Waals surface area (Å²) in [5.41, 5.74) is 6.48. The summed E-state index contributed by atoms with van der Waals surface area (Å²) in [7, 11) is 0. The Hall–Kier alpha value is -1.59. The average molecular weight is 368 g/mol. The van der Waals surface area contributed by atoms with Crippen molar-refractivity contribution in [2.45, 2.75) is 45.7 Å². The van der Waals surface area contributed by atoms with Crippen molar-refractivity contribution in [2.75, 3.05) is 13.1 Å². The highest BCUT2D eigenvalue weighted by Crippen LogP contribution is 2.29. The van der Waals surface area contributed by atoms with Crippen LogP contribution >= 0.6 is 12.4 Å². The standard InChI is InChI=1S/C19H29N3O2.ClH/c1-13(2)19(4,12-20)21-18(24)16-10-17(23)22(11-16)14(3)15-8-6-5-7-9-15;/h5-9,13-14,16H,10-12,20H2,1-4H3,(H,21,24);1H. The molecular weight excluding hydrogens is 338 g/mol. The molecule has 6 heteroatoms. The minimum atomic E-state index is -0.446. The van der Waals surface area contributed by atoms with E-state index in [-0.39, 0.29) is 48.5 Å². The molecule has 140 valence electrons. The number of hydrogen-bond donors (Lipinski definition) is 2. The van der Waals surface area contributed by atoms with Crippen molar-refractivity contribution in [3.8, 4) is 0 Å². The molecule has 25 heavy (non-hydrogen) atoms. The Labute approximate surface area is 156 Å². The second kappa shape index (κ2) is 8.68. The molecule has 1 aromatic rings. The lowest BCUT2D eigenvalue weighted by Crippen LogP contribution is -2.56. The van der Waals surface area contributed by atoms with Gasteiger partial charge in [-0.1, -0.05) is 44.2 Å². The molecule has 3 atom stereocenters. The Balaban J connectivity index is 0.00000312. The number of carbonyl (C=O) groups excluding carboxylic acids is 2. The van der Waals surface area contributed by atoms with Crippen LogP contribution in [0.25, 0.3) is 0 Å². The molecule has 0 aliphatic carbocycles. The zero-order valence-corrected chi connectivity index (χ0v) is 16.3. The number of benzene rings is 1. The van der Waals surface area contributed by atoms with Crippen LogP contribution in [0.4, 0.5) is 0 Å². The van der Waals surface area contributed by atoms with Gasteiger partial charge in [-0.25, -0.2) is 0 Å². The Morgan fingerprint density at radius 3 is 2.44 bits per heavy atom. The second-order valence-electron chi connectivity index (χ2n) is 7.30. The minimum absolute atomic E-state index is 0. The van der Waals surface area contributed by atoms with E-state index in [1.165, 1.54) is 0 Å². The molecule has 1 aliphatic heterocycles. The summed E-state index contributed by atoms with van der Waals surface area (Å²) in [5.74, 6) is -0.130. The van der Waals surface area contributed by atoms with Gasteiger partial charge in [0.25, 0.3) is 0 Å². The molecular formula is C19H30ClN3O2. The highest BCUT2D eigenvalue weighted by atomic mass is 35.5. The maximum atomic E-state index is 12.6. The SMILES string of the molecule is CC(c1ccccc1)N1CC(C(=O)NC(C)(CN)C(C)C)CC1=O.Cl. The number of hydrogen-bond acceptors (Lipinski definition) is 3. The molecule has 0 spiro atoms. The quantitative estimate of drug-likeness (QED) is 0.811. The molecule has 3 N–H and O–H groups in total. The summed E-state index contributed by atoms with van der Waals surface area (Å²) in [4.78, 5) is 26.8. The van der Waals surface area contributed by atoms with Gasteiger partial charge in [-0.05, 0) is 25.3 Å². The van der Waals surface area contributed by atoms with Crippen LogP contribution < -0.4 is 11.1 Å². The van der Waals surface area contributed by atoms with Crippen LogP contribution in [0.5, 0.6) is 0 Å². The first-order valence-corrected chi connectivity index (χ1v) is 8.65. The number of likely N-dealkylation sites (tertiary alicyclic amines) is 1. The Kier molecular flexibility index (Phi) is 7.44. The Morgan fingerprint density at radius 1 is 1.32 bits per heavy atom. The lowest BCUT2D eigenvalue weighted by molar-refractivity contribution is -0.130. The van der Waals surface area contributed by atoms with Crippen molar-refractivity contribution >= 4 is 24.2 Å². The highest BCUT2D eigenvalue weighted by molar-refractivity contribution is 5.89. The monoisotopic (exact) mass is 367 g/mol. The molecule has 2 amide bonds. The van der Waals surface area contributed by atoms with E-state index in [4.69, 9.17) is 5.73 Å². The number of carbonyl (C=O) groups is 2. The minimum Gasteiger partial charge on any atom is -0.349 e. The third-order valence-electron chi connectivity index (χ3n) is 5.39. The van der Waals surface area contributed by atoms with Gasteiger partial charge in [0.15, 0.2) is 0 Å². The molecule has 1 saturated heterocycles. The van der Waals surface area contributed by atoms with E-state index >= 15 is 0 Å². The van der Waals surface area contributed by atoms with Gasteiger partial charge in [0.1, 0.15) is 0 Å². The Bertz CT molecular complexity index is 594. The fourth-order valence-corrected chi connectivity index (χ4v) is 3.01. The van der Waals surface area contributed by atoms with E-state index in [0.29, 0.717) is 13.1 Å². The number of nitrogens with one attached hydrogen (secondary N) is 1. The van der Waals surface area contributed by atoms with E-state index in [1.54, 1.807) is 4.90 Å². The van der Waals surface area contributed by atoms with Gasteiger partial charge >= 0.3 is 0 Å². The van der Waals surface area contributed by atoms with Crippen LogP contribution in [0.2, 0.25) is 0 Å². The number of nitrogens with two attached hydrogens (primary N) is 1. The van der Waals surface area contributed by atoms with Gasteiger partial charge in [0.05, 0.1) is 17.5 Å². The largest absolute Gasteiger partial charge is 0.349 e.